The summed E-state index contributed by atoms with van der Waals surface area (Å²) in [6, 6.07) is 15.1. The molecule has 0 radical (unpaired) electrons. The summed E-state index contributed by atoms with van der Waals surface area (Å²) in [4.78, 5) is 30.9. The van der Waals surface area contributed by atoms with Crippen LogP contribution in [-0.2, 0) is 17.8 Å². The number of rotatable bonds is 6. The first-order valence-corrected chi connectivity index (χ1v) is 12.0. The number of carbonyl (C=O) groups is 1. The molecule has 34 heavy (non-hydrogen) atoms. The Morgan fingerprint density at radius 1 is 1.15 bits per heavy atom. The van der Waals surface area contributed by atoms with Gasteiger partial charge < -0.3 is 19.2 Å². The molecule has 0 spiro atoms. The van der Waals surface area contributed by atoms with Gasteiger partial charge in [0, 0.05) is 6.07 Å². The van der Waals surface area contributed by atoms with Gasteiger partial charge in [0.15, 0.2) is 16.7 Å². The standard InChI is InChI=1S/C25H21N3O5S/c29-23(26-19-8-7-15-4-1-2-6-17(15)19)13-34-25-27-20-11-22-21(32-14-33-22)10-18(20)24(30)28(25)12-16-5-3-9-31-16/h1-6,9-11,19H,7-8,12-14H2,(H,26,29)/t19-/m0/s1. The number of thioether (sulfide) groups is 1. The number of hydrogen-bond donors (Lipinski definition) is 1. The van der Waals surface area contributed by atoms with Crippen molar-refractivity contribution in [2.75, 3.05) is 12.5 Å². The fraction of sp³-hybridized carbons (Fsp3) is 0.240. The Balaban J connectivity index is 1.28. The van der Waals surface area contributed by atoms with Crippen LogP contribution >= 0.6 is 11.8 Å². The lowest BCUT2D eigenvalue weighted by Crippen LogP contribution is -2.29. The van der Waals surface area contributed by atoms with Crippen molar-refractivity contribution in [3.8, 4) is 11.5 Å². The minimum absolute atomic E-state index is 0.0129. The summed E-state index contributed by atoms with van der Waals surface area (Å²) >= 11 is 1.23. The number of fused-ring (bicyclic) bond motifs is 3. The Kier molecular flexibility index (Phi) is 5.26. The first-order chi connectivity index (χ1) is 16.7. The second-order valence-corrected chi connectivity index (χ2v) is 9.18. The number of aryl methyl sites for hydroxylation is 1. The molecule has 0 saturated heterocycles. The number of amides is 1. The highest BCUT2D eigenvalue weighted by atomic mass is 32.2. The van der Waals surface area contributed by atoms with Gasteiger partial charge in [-0.25, -0.2) is 4.98 Å². The van der Waals surface area contributed by atoms with Crippen LogP contribution in [0.2, 0.25) is 0 Å². The van der Waals surface area contributed by atoms with Crippen LogP contribution in [0.3, 0.4) is 0 Å². The molecule has 1 aliphatic heterocycles. The van der Waals surface area contributed by atoms with Crippen LogP contribution in [0, 0.1) is 0 Å². The fourth-order valence-electron chi connectivity index (χ4n) is 4.47. The molecule has 3 heterocycles. The van der Waals surface area contributed by atoms with Gasteiger partial charge in [0.2, 0.25) is 12.7 Å². The summed E-state index contributed by atoms with van der Waals surface area (Å²) in [6.07, 6.45) is 3.41. The Hall–Kier alpha value is -3.72. The van der Waals surface area contributed by atoms with Crippen LogP contribution in [0.1, 0.15) is 29.3 Å². The van der Waals surface area contributed by atoms with E-state index in [1.165, 1.54) is 27.5 Å². The number of nitrogens with zero attached hydrogens (tertiary/aromatic N) is 2. The van der Waals surface area contributed by atoms with E-state index in [0.29, 0.717) is 33.3 Å². The van der Waals surface area contributed by atoms with E-state index in [2.05, 4.69) is 17.4 Å². The highest BCUT2D eigenvalue weighted by molar-refractivity contribution is 7.99. The summed E-state index contributed by atoms with van der Waals surface area (Å²) in [7, 11) is 0. The van der Waals surface area contributed by atoms with Gasteiger partial charge in [0.25, 0.3) is 5.56 Å². The number of carbonyl (C=O) groups excluding carboxylic acids is 1. The maximum Gasteiger partial charge on any atom is 0.262 e. The Morgan fingerprint density at radius 3 is 2.85 bits per heavy atom. The highest BCUT2D eigenvalue weighted by Gasteiger charge is 2.24. The molecule has 0 bridgehead atoms. The summed E-state index contributed by atoms with van der Waals surface area (Å²) in [5, 5.41) is 3.99. The lowest BCUT2D eigenvalue weighted by molar-refractivity contribution is -0.119. The molecule has 1 amide bonds. The summed E-state index contributed by atoms with van der Waals surface area (Å²) < 4.78 is 17.9. The van der Waals surface area contributed by atoms with E-state index >= 15 is 0 Å². The van der Waals surface area contributed by atoms with E-state index in [0.717, 1.165) is 12.8 Å². The molecule has 0 saturated carbocycles. The predicted octanol–water partition coefficient (Wildman–Crippen LogP) is 3.66. The monoisotopic (exact) mass is 475 g/mol. The molecule has 0 unspecified atom stereocenters. The van der Waals surface area contributed by atoms with Crippen molar-refractivity contribution in [2.45, 2.75) is 30.6 Å². The van der Waals surface area contributed by atoms with Gasteiger partial charge >= 0.3 is 0 Å². The molecule has 1 aliphatic carbocycles. The van der Waals surface area contributed by atoms with Gasteiger partial charge in [-0.05, 0) is 42.2 Å². The van der Waals surface area contributed by atoms with Crippen molar-refractivity contribution < 1.29 is 18.7 Å². The minimum atomic E-state index is -0.229. The van der Waals surface area contributed by atoms with E-state index < -0.39 is 0 Å². The van der Waals surface area contributed by atoms with E-state index in [9.17, 15) is 9.59 Å². The normalized spacial score (nSPS) is 16.1. The van der Waals surface area contributed by atoms with Gasteiger partial charge in [0.05, 0.1) is 35.5 Å². The maximum absolute atomic E-state index is 13.4. The molecule has 2 aliphatic rings. The minimum Gasteiger partial charge on any atom is -0.467 e. The number of nitrogens with one attached hydrogen (secondary N) is 1. The maximum atomic E-state index is 13.4. The average Bonchev–Trinajstić information content (AvgIpc) is 3.60. The van der Waals surface area contributed by atoms with Crippen molar-refractivity contribution >= 4 is 28.6 Å². The third-order valence-corrected chi connectivity index (χ3v) is 7.08. The average molecular weight is 476 g/mol. The first kappa shape index (κ1) is 20.9. The zero-order chi connectivity index (χ0) is 23.1. The van der Waals surface area contributed by atoms with E-state index in [-0.39, 0.29) is 36.6 Å². The molecule has 2 aromatic heterocycles. The lowest BCUT2D eigenvalue weighted by atomic mass is 10.1. The quantitative estimate of drug-likeness (QED) is 0.336. The summed E-state index contributed by atoms with van der Waals surface area (Å²) in [5.41, 5.74) is 2.73. The van der Waals surface area contributed by atoms with E-state index in [4.69, 9.17) is 18.9 Å². The second-order valence-electron chi connectivity index (χ2n) is 8.23. The molecule has 1 atom stereocenters. The molecule has 172 valence electrons. The Labute approximate surface area is 198 Å². The fourth-order valence-corrected chi connectivity index (χ4v) is 5.28. The number of aromatic nitrogens is 2. The topological polar surface area (TPSA) is 95.6 Å². The van der Waals surface area contributed by atoms with Crippen molar-refractivity contribution in [3.05, 3.63) is 82.0 Å². The Morgan fingerprint density at radius 2 is 2.00 bits per heavy atom. The lowest BCUT2D eigenvalue weighted by Gasteiger charge is -2.15. The van der Waals surface area contributed by atoms with Crippen LogP contribution in [0.4, 0.5) is 0 Å². The zero-order valence-electron chi connectivity index (χ0n) is 18.2. The van der Waals surface area contributed by atoms with Crippen molar-refractivity contribution in [3.63, 3.8) is 0 Å². The van der Waals surface area contributed by atoms with Crippen molar-refractivity contribution in [1.29, 1.82) is 0 Å². The molecule has 4 aromatic rings. The van der Waals surface area contributed by atoms with Gasteiger partial charge in [-0.2, -0.15) is 0 Å². The molecular formula is C25H21N3O5S. The molecule has 8 nitrogen and oxygen atoms in total. The first-order valence-electron chi connectivity index (χ1n) is 11.0. The Bertz CT molecular complexity index is 1450. The van der Waals surface area contributed by atoms with Crippen LogP contribution < -0.4 is 20.3 Å². The van der Waals surface area contributed by atoms with Gasteiger partial charge in [0.1, 0.15) is 5.76 Å². The predicted molar refractivity (Wildman–Crippen MR) is 126 cm³/mol. The summed E-state index contributed by atoms with van der Waals surface area (Å²) in [6.45, 7) is 0.321. The van der Waals surface area contributed by atoms with Crippen molar-refractivity contribution in [2.24, 2.45) is 0 Å². The van der Waals surface area contributed by atoms with Crippen LogP contribution in [-0.4, -0.2) is 28.0 Å². The van der Waals surface area contributed by atoms with Gasteiger partial charge in [-0.15, -0.1) is 0 Å². The number of ether oxygens (including phenoxy) is 2. The number of benzene rings is 2. The van der Waals surface area contributed by atoms with Crippen LogP contribution in [0.25, 0.3) is 10.9 Å². The van der Waals surface area contributed by atoms with E-state index in [1.54, 1.807) is 30.5 Å². The molecule has 1 N–H and O–H groups in total. The number of furan rings is 1. The van der Waals surface area contributed by atoms with E-state index in [1.807, 2.05) is 12.1 Å². The third kappa shape index (κ3) is 3.81. The van der Waals surface area contributed by atoms with Gasteiger partial charge in [-0.1, -0.05) is 36.0 Å². The third-order valence-electron chi connectivity index (χ3n) is 6.11. The number of hydrogen-bond acceptors (Lipinski definition) is 7. The van der Waals surface area contributed by atoms with Crippen LogP contribution in [0.5, 0.6) is 11.5 Å². The van der Waals surface area contributed by atoms with Gasteiger partial charge in [-0.3, -0.25) is 14.2 Å². The highest BCUT2D eigenvalue weighted by Crippen LogP contribution is 2.35. The molecule has 6 rings (SSSR count). The zero-order valence-corrected chi connectivity index (χ0v) is 19.0. The summed E-state index contributed by atoms with van der Waals surface area (Å²) in [5.74, 6) is 1.73. The van der Waals surface area contributed by atoms with Crippen LogP contribution in [0.15, 0.2) is 69.2 Å². The molecular weight excluding hydrogens is 454 g/mol. The molecule has 2 aromatic carbocycles. The smallest absolute Gasteiger partial charge is 0.262 e. The van der Waals surface area contributed by atoms with Crippen molar-refractivity contribution in [1.82, 2.24) is 14.9 Å². The molecule has 0 fully saturated rings. The molecule has 9 heteroatoms. The second kappa shape index (κ2) is 8.57. The SMILES string of the molecule is O=C(CSc1nc2cc3c(cc2c(=O)n1Cc1ccco1)OCO3)N[C@H]1CCc2ccccc21. The largest absolute Gasteiger partial charge is 0.467 e.